The van der Waals surface area contributed by atoms with Crippen LogP contribution in [0.3, 0.4) is 0 Å². The zero-order valence-electron chi connectivity index (χ0n) is 12.6. The monoisotopic (exact) mass is 385 g/mol. The van der Waals surface area contributed by atoms with E-state index in [1.54, 1.807) is 37.3 Å². The summed E-state index contributed by atoms with van der Waals surface area (Å²) in [6, 6.07) is 13.8. The van der Waals surface area contributed by atoms with Crippen molar-refractivity contribution >= 4 is 45.0 Å². The summed E-state index contributed by atoms with van der Waals surface area (Å²) in [5.41, 5.74) is 2.17. The van der Waals surface area contributed by atoms with E-state index in [2.05, 4.69) is 21.0 Å². The summed E-state index contributed by atoms with van der Waals surface area (Å²) >= 11 is 3.15. The van der Waals surface area contributed by atoms with E-state index >= 15 is 0 Å². The smallest absolute Gasteiger partial charge is 0.267 e. The molecule has 2 aromatic rings. The topological polar surface area (TPSA) is 75.8 Å². The SMILES string of the molecule is CC1=NN(c2ccccc2)C(=O)C1=Cc1ccc(Br)c([N+](=O)[O-])c1. The van der Waals surface area contributed by atoms with Gasteiger partial charge in [-0.25, -0.2) is 0 Å². The third-order valence-electron chi connectivity index (χ3n) is 3.54. The number of halogens is 1. The lowest BCUT2D eigenvalue weighted by molar-refractivity contribution is -0.385. The average Bonchev–Trinajstić information content (AvgIpc) is 2.85. The maximum absolute atomic E-state index is 12.6. The van der Waals surface area contributed by atoms with E-state index in [-0.39, 0.29) is 11.6 Å². The van der Waals surface area contributed by atoms with Crippen LogP contribution < -0.4 is 5.01 Å². The third-order valence-corrected chi connectivity index (χ3v) is 4.21. The second-order valence-electron chi connectivity index (χ2n) is 5.16. The highest BCUT2D eigenvalue weighted by Gasteiger charge is 2.28. The molecule has 2 aromatic carbocycles. The zero-order chi connectivity index (χ0) is 17.3. The van der Waals surface area contributed by atoms with Gasteiger partial charge in [0, 0.05) is 6.07 Å². The van der Waals surface area contributed by atoms with Crippen molar-refractivity contribution < 1.29 is 9.72 Å². The predicted molar refractivity (Wildman–Crippen MR) is 95.8 cm³/mol. The molecule has 7 heteroatoms. The van der Waals surface area contributed by atoms with E-state index in [1.165, 1.54) is 11.1 Å². The number of nitrogens with zero attached hydrogens (tertiary/aromatic N) is 3. The Morgan fingerprint density at radius 3 is 2.58 bits per heavy atom. The van der Waals surface area contributed by atoms with Crippen LogP contribution in [0.2, 0.25) is 0 Å². The van der Waals surface area contributed by atoms with Crippen LogP contribution in [-0.4, -0.2) is 16.5 Å². The van der Waals surface area contributed by atoms with Crippen LogP contribution in [0, 0.1) is 10.1 Å². The Bertz CT molecular complexity index is 891. The van der Waals surface area contributed by atoms with Crippen molar-refractivity contribution in [2.75, 3.05) is 5.01 Å². The minimum absolute atomic E-state index is 0.0516. The van der Waals surface area contributed by atoms with Crippen LogP contribution in [0.15, 0.2) is 63.7 Å². The van der Waals surface area contributed by atoms with Crippen molar-refractivity contribution in [2.45, 2.75) is 6.92 Å². The van der Waals surface area contributed by atoms with Crippen LogP contribution in [0.5, 0.6) is 0 Å². The summed E-state index contributed by atoms with van der Waals surface area (Å²) < 4.78 is 0.392. The number of benzene rings is 2. The lowest BCUT2D eigenvalue weighted by atomic mass is 10.1. The summed E-state index contributed by atoms with van der Waals surface area (Å²) in [6.07, 6.45) is 1.61. The molecule has 0 N–H and O–H groups in total. The van der Waals surface area contributed by atoms with Crippen molar-refractivity contribution in [3.63, 3.8) is 0 Å². The number of rotatable bonds is 3. The summed E-state index contributed by atoms with van der Waals surface area (Å²) in [5, 5.41) is 16.6. The third kappa shape index (κ3) is 2.98. The number of carbonyl (C=O) groups excluding carboxylic acids is 1. The van der Waals surface area contributed by atoms with E-state index in [1.807, 2.05) is 18.2 Å². The Balaban J connectivity index is 1.97. The molecule has 120 valence electrons. The molecule has 0 atom stereocenters. The van der Waals surface area contributed by atoms with E-state index < -0.39 is 4.92 Å². The van der Waals surface area contributed by atoms with Crippen molar-refractivity contribution in [2.24, 2.45) is 5.10 Å². The first-order valence-corrected chi connectivity index (χ1v) is 7.87. The van der Waals surface area contributed by atoms with Gasteiger partial charge < -0.3 is 0 Å². The van der Waals surface area contributed by atoms with Gasteiger partial charge in [0.15, 0.2) is 0 Å². The lowest BCUT2D eigenvalue weighted by Gasteiger charge is -2.11. The van der Waals surface area contributed by atoms with E-state index in [0.29, 0.717) is 27.0 Å². The molecule has 6 nitrogen and oxygen atoms in total. The summed E-state index contributed by atoms with van der Waals surface area (Å²) in [5.74, 6) is -0.260. The van der Waals surface area contributed by atoms with Gasteiger partial charge in [-0.15, -0.1) is 0 Å². The number of nitro benzene ring substituents is 1. The Labute approximate surface area is 146 Å². The molecule has 0 saturated carbocycles. The van der Waals surface area contributed by atoms with Gasteiger partial charge in [-0.2, -0.15) is 10.1 Å². The number of amides is 1. The van der Waals surface area contributed by atoms with E-state index in [0.717, 1.165) is 0 Å². The fourth-order valence-corrected chi connectivity index (χ4v) is 2.75. The predicted octanol–water partition coefficient (Wildman–Crippen LogP) is 4.16. The van der Waals surface area contributed by atoms with Crippen molar-refractivity contribution in [1.29, 1.82) is 0 Å². The molecule has 0 aliphatic carbocycles. The van der Waals surface area contributed by atoms with E-state index in [9.17, 15) is 14.9 Å². The van der Waals surface area contributed by atoms with Crippen molar-refractivity contribution in [3.05, 3.63) is 74.3 Å². The minimum Gasteiger partial charge on any atom is -0.267 e. The summed E-state index contributed by atoms with van der Waals surface area (Å²) in [6.45, 7) is 1.74. The zero-order valence-corrected chi connectivity index (χ0v) is 14.2. The van der Waals surface area contributed by atoms with Crippen LogP contribution in [0.25, 0.3) is 6.08 Å². The van der Waals surface area contributed by atoms with Gasteiger partial charge in [-0.3, -0.25) is 14.9 Å². The van der Waals surface area contributed by atoms with Gasteiger partial charge in [-0.1, -0.05) is 24.3 Å². The fourth-order valence-electron chi connectivity index (χ4n) is 2.35. The molecule has 1 aliphatic heterocycles. The second kappa shape index (κ2) is 6.37. The molecule has 24 heavy (non-hydrogen) atoms. The molecule has 1 aliphatic rings. The number of nitro groups is 1. The standard InChI is InChI=1S/C17H12BrN3O3/c1-11-14(9-12-7-8-15(18)16(10-12)21(23)24)17(22)20(19-11)13-5-3-2-4-6-13/h2-10H,1H3. The van der Waals surface area contributed by atoms with Gasteiger partial charge in [0.25, 0.3) is 11.6 Å². The lowest BCUT2D eigenvalue weighted by Crippen LogP contribution is -2.21. The van der Waals surface area contributed by atoms with Gasteiger partial charge in [-0.05, 0) is 52.7 Å². The first kappa shape index (κ1) is 16.1. The van der Waals surface area contributed by atoms with Crippen molar-refractivity contribution in [3.8, 4) is 0 Å². The first-order valence-electron chi connectivity index (χ1n) is 7.08. The van der Waals surface area contributed by atoms with Gasteiger partial charge in [0.05, 0.1) is 26.4 Å². The molecule has 0 fully saturated rings. The minimum atomic E-state index is -0.472. The number of anilines is 1. The second-order valence-corrected chi connectivity index (χ2v) is 6.02. The molecule has 3 rings (SSSR count). The maximum atomic E-state index is 12.6. The molecule has 0 saturated heterocycles. The average molecular weight is 386 g/mol. The van der Waals surface area contributed by atoms with Crippen molar-refractivity contribution in [1.82, 2.24) is 0 Å². The highest BCUT2D eigenvalue weighted by atomic mass is 79.9. The molecular formula is C17H12BrN3O3. The largest absolute Gasteiger partial charge is 0.284 e. The molecule has 1 heterocycles. The molecule has 0 spiro atoms. The fraction of sp³-hybridized carbons (Fsp3) is 0.0588. The number of para-hydroxylation sites is 1. The molecule has 0 bridgehead atoms. The maximum Gasteiger partial charge on any atom is 0.284 e. The first-order chi connectivity index (χ1) is 11.5. The number of hydrogen-bond donors (Lipinski definition) is 0. The van der Waals surface area contributed by atoms with Gasteiger partial charge in [0.2, 0.25) is 0 Å². The Morgan fingerprint density at radius 2 is 1.92 bits per heavy atom. The van der Waals surface area contributed by atoms with Gasteiger partial charge >= 0.3 is 0 Å². The molecule has 0 aromatic heterocycles. The molecular weight excluding hydrogens is 374 g/mol. The number of hydrogen-bond acceptors (Lipinski definition) is 4. The normalized spacial score (nSPS) is 15.8. The van der Waals surface area contributed by atoms with Crippen LogP contribution >= 0.6 is 15.9 Å². The Morgan fingerprint density at radius 1 is 1.21 bits per heavy atom. The Kier molecular flexibility index (Phi) is 4.26. The van der Waals surface area contributed by atoms with Gasteiger partial charge in [0.1, 0.15) is 0 Å². The Hall–Kier alpha value is -2.80. The highest BCUT2D eigenvalue weighted by Crippen LogP contribution is 2.28. The quantitative estimate of drug-likeness (QED) is 0.452. The molecule has 0 radical (unpaired) electrons. The number of hydrazone groups is 1. The summed E-state index contributed by atoms with van der Waals surface area (Å²) in [7, 11) is 0. The van der Waals surface area contributed by atoms with Crippen LogP contribution in [-0.2, 0) is 4.79 Å². The molecule has 0 unspecified atom stereocenters. The van der Waals surface area contributed by atoms with Crippen LogP contribution in [0.1, 0.15) is 12.5 Å². The number of carbonyl (C=O) groups is 1. The van der Waals surface area contributed by atoms with E-state index in [4.69, 9.17) is 0 Å². The summed E-state index contributed by atoms with van der Waals surface area (Å²) in [4.78, 5) is 23.2. The molecule has 1 amide bonds. The van der Waals surface area contributed by atoms with Crippen LogP contribution in [0.4, 0.5) is 11.4 Å². The highest BCUT2D eigenvalue weighted by molar-refractivity contribution is 9.10.